The van der Waals surface area contributed by atoms with Gasteiger partial charge in [0.2, 0.25) is 0 Å². The highest BCUT2D eigenvalue weighted by Crippen LogP contribution is 2.65. The molecule has 68 heavy (non-hydrogen) atoms. The molecule has 0 amide bonds. The van der Waals surface area contributed by atoms with Crippen LogP contribution in [0, 0.1) is 11.8 Å². The molecule has 0 spiro atoms. The summed E-state index contributed by atoms with van der Waals surface area (Å²) < 4.78 is 26.5. The smallest absolute Gasteiger partial charge is 0.110 e. The summed E-state index contributed by atoms with van der Waals surface area (Å²) in [6.07, 6.45) is 8.98. The molecule has 4 N–H and O–H groups in total. The number of hydrogen-bond acceptors (Lipinski definition) is 6. The largest absolute Gasteiger partial charge is 0.380 e. The summed E-state index contributed by atoms with van der Waals surface area (Å²) in [5, 5.41) is 10.1. The maximum atomic E-state index is 13.2. The number of anilines is 2. The molecule has 6 atom stereocenters. The Morgan fingerprint density at radius 3 is 1.25 bits per heavy atom. The summed E-state index contributed by atoms with van der Waals surface area (Å²) in [6.45, 7) is 12.9. The third-order valence-electron chi connectivity index (χ3n) is 18.0. The first kappa shape index (κ1) is 43.3. The molecule has 8 fully saturated rings. The number of H-pyrrole nitrogens is 2. The summed E-state index contributed by atoms with van der Waals surface area (Å²) in [4.78, 5) is 17.8. The second-order valence-electron chi connectivity index (χ2n) is 23.2. The number of para-hydroxylation sites is 2. The molecule has 6 aliphatic carbocycles. The van der Waals surface area contributed by atoms with Gasteiger partial charge in [0.1, 0.15) is 12.3 Å². The molecular weight excluding hydrogens is 847 g/mol. The predicted octanol–water partition coefficient (Wildman–Crippen LogP) is 11.0. The van der Waals surface area contributed by atoms with E-state index in [4.69, 9.17) is 0 Å². The normalized spacial score (nSPS) is 31.9. The van der Waals surface area contributed by atoms with Crippen LogP contribution in [0.5, 0.6) is 0 Å². The number of halogens is 2. The van der Waals surface area contributed by atoms with Gasteiger partial charge in [-0.15, -0.1) is 0 Å². The minimum atomic E-state index is -0.753. The van der Waals surface area contributed by atoms with Gasteiger partial charge in [-0.3, -0.25) is 19.6 Å². The number of nitrogens with zero attached hydrogens (tertiary/aromatic N) is 4. The summed E-state index contributed by atoms with van der Waals surface area (Å²) in [5.74, 6) is 1.93. The van der Waals surface area contributed by atoms with Gasteiger partial charge in [-0.05, 0) is 150 Å². The van der Waals surface area contributed by atoms with E-state index in [1.165, 1.54) is 105 Å². The van der Waals surface area contributed by atoms with E-state index in [-0.39, 0.29) is 12.1 Å². The van der Waals surface area contributed by atoms with E-state index in [9.17, 15) is 8.78 Å². The number of aromatic nitrogens is 2. The van der Waals surface area contributed by atoms with Gasteiger partial charge < -0.3 is 20.6 Å². The molecule has 8 nitrogen and oxygen atoms in total. The lowest BCUT2D eigenvalue weighted by Crippen LogP contribution is -2.71. The number of likely N-dealkylation sites (tertiary alicyclic amines) is 2. The first-order valence-electron chi connectivity index (χ1n) is 26.2. The number of rotatable bonds is 12. The zero-order valence-corrected chi connectivity index (χ0v) is 40.5. The van der Waals surface area contributed by atoms with Crippen LogP contribution in [0.25, 0.3) is 21.8 Å². The molecule has 6 saturated carbocycles. The van der Waals surface area contributed by atoms with E-state index in [1.807, 2.05) is 0 Å². The Kier molecular flexibility index (Phi) is 10.5. The second kappa shape index (κ2) is 16.4. The molecule has 356 valence electrons. The highest BCUT2D eigenvalue weighted by Gasteiger charge is 2.64. The Bertz CT molecular complexity index is 2570. The van der Waals surface area contributed by atoms with Crippen LogP contribution in [0.3, 0.4) is 0 Å². The average molecular weight is 917 g/mol. The van der Waals surface area contributed by atoms with Crippen molar-refractivity contribution in [2.75, 3.05) is 49.9 Å². The summed E-state index contributed by atoms with van der Waals surface area (Å²) in [5.41, 5.74) is 14.3. The second-order valence-corrected chi connectivity index (χ2v) is 23.2. The van der Waals surface area contributed by atoms with Crippen LogP contribution in [-0.4, -0.2) is 116 Å². The summed E-state index contributed by atoms with van der Waals surface area (Å²) in [6, 6.07) is 38.4. The van der Waals surface area contributed by atoms with Crippen LogP contribution in [-0.2, 0) is 12.8 Å². The van der Waals surface area contributed by atoms with Crippen LogP contribution in [0.2, 0.25) is 0 Å². The predicted molar refractivity (Wildman–Crippen MR) is 272 cm³/mol. The molecule has 6 aromatic rings. The zero-order valence-electron chi connectivity index (χ0n) is 40.5. The molecule has 6 heterocycles. The van der Waals surface area contributed by atoms with Crippen LogP contribution in [0.15, 0.2) is 97.1 Å². The third-order valence-corrected chi connectivity index (χ3v) is 18.0. The molecule has 10 heteroatoms. The highest BCUT2D eigenvalue weighted by atomic mass is 19.1. The molecule has 2 saturated heterocycles. The summed E-state index contributed by atoms with van der Waals surface area (Å²) in [7, 11) is 0. The molecule has 4 aliphatic heterocycles. The minimum Gasteiger partial charge on any atom is -0.380 e. The lowest BCUT2D eigenvalue weighted by Gasteiger charge is -2.70. The maximum Gasteiger partial charge on any atom is 0.110 e. The third kappa shape index (κ3) is 7.24. The SMILES string of the molecule is C[C@@H]1Cc2c([nH]c3ccccc23)[C@@H](c2ccc(NC3CN(C[C@@H](C)F)C3)cc2)N1C12CC(C1)C2.C[C@H](F)CN1CC(Nc2ccc([C@@H]3c4[nH]c5ccccc5c4C[C@@H](C)N3C34CC(C3)C4)cc2)C1. The number of benzene rings is 4. The van der Waals surface area contributed by atoms with Gasteiger partial charge in [-0.2, -0.15) is 0 Å². The lowest BCUT2D eigenvalue weighted by molar-refractivity contribution is -0.174. The zero-order chi connectivity index (χ0) is 46.1. The van der Waals surface area contributed by atoms with Crippen LogP contribution in [0.4, 0.5) is 20.2 Å². The van der Waals surface area contributed by atoms with E-state index < -0.39 is 12.3 Å². The van der Waals surface area contributed by atoms with Gasteiger partial charge in [0.15, 0.2) is 0 Å². The van der Waals surface area contributed by atoms with Gasteiger partial charge in [0.25, 0.3) is 0 Å². The average Bonchev–Trinajstić information content (AvgIpc) is 3.79. The van der Waals surface area contributed by atoms with Gasteiger partial charge in [0, 0.05) is 107 Å². The Labute approximate surface area is 401 Å². The van der Waals surface area contributed by atoms with Gasteiger partial charge in [0.05, 0.1) is 24.2 Å². The van der Waals surface area contributed by atoms with E-state index in [1.54, 1.807) is 13.8 Å². The quantitative estimate of drug-likeness (QED) is 0.0981. The summed E-state index contributed by atoms with van der Waals surface area (Å²) >= 11 is 0. The number of aromatic amines is 2. The Hall–Kier alpha value is -4.74. The van der Waals surface area contributed by atoms with Crippen molar-refractivity contribution < 1.29 is 8.78 Å². The highest BCUT2D eigenvalue weighted by molar-refractivity contribution is 5.86. The molecule has 0 radical (unpaired) electrons. The Balaban J connectivity index is 0.000000134. The Morgan fingerprint density at radius 2 is 0.912 bits per heavy atom. The fraction of sp³-hybridized carbons (Fsp3) is 0.517. The van der Waals surface area contributed by atoms with Gasteiger partial charge in [-0.1, -0.05) is 60.7 Å². The Morgan fingerprint density at radius 1 is 0.544 bits per heavy atom. The van der Waals surface area contributed by atoms with Crippen LogP contribution < -0.4 is 10.6 Å². The number of nitrogens with one attached hydrogen (secondary N) is 4. The molecule has 4 aromatic carbocycles. The number of hydrogen-bond donors (Lipinski definition) is 4. The first-order chi connectivity index (χ1) is 33.0. The van der Waals surface area contributed by atoms with E-state index in [2.05, 4.69) is 151 Å². The van der Waals surface area contributed by atoms with Crippen LogP contribution >= 0.6 is 0 Å². The fourth-order valence-corrected chi connectivity index (χ4v) is 14.9. The van der Waals surface area contributed by atoms with Gasteiger partial charge >= 0.3 is 0 Å². The number of fused-ring (bicyclic) bond motifs is 6. The van der Waals surface area contributed by atoms with Crippen molar-refractivity contribution in [1.29, 1.82) is 0 Å². The van der Waals surface area contributed by atoms with E-state index >= 15 is 0 Å². The van der Waals surface area contributed by atoms with Crippen molar-refractivity contribution in [1.82, 2.24) is 29.6 Å². The van der Waals surface area contributed by atoms with Crippen molar-refractivity contribution in [3.05, 3.63) is 131 Å². The topological polar surface area (TPSA) is 68.6 Å². The van der Waals surface area contributed by atoms with E-state index in [0.29, 0.717) is 48.3 Å². The molecule has 0 unspecified atom stereocenters. The monoisotopic (exact) mass is 917 g/mol. The van der Waals surface area contributed by atoms with Crippen molar-refractivity contribution >= 4 is 33.2 Å². The molecule has 2 aromatic heterocycles. The van der Waals surface area contributed by atoms with Crippen molar-refractivity contribution in [2.24, 2.45) is 11.8 Å². The van der Waals surface area contributed by atoms with Crippen molar-refractivity contribution in [2.45, 2.75) is 139 Å². The number of alkyl halides is 2. The minimum absolute atomic E-state index is 0.284. The van der Waals surface area contributed by atoms with Crippen molar-refractivity contribution in [3.8, 4) is 0 Å². The molecule has 4 bridgehead atoms. The first-order valence-corrected chi connectivity index (χ1v) is 26.2. The molecule has 10 aliphatic rings. The fourth-order valence-electron chi connectivity index (χ4n) is 14.9. The standard InChI is InChI=1S/2C29H35FN4/c2*1-18(30)15-33-16-23(17-33)31-22-9-7-21(8-10-22)28-27-25(24-5-3-4-6-26(24)32-27)11-19(2)34(28)29-12-20(13-29)14-29/h2*3-10,18-20,23,28,31-32H,11-17H2,1-2H3/t18-,19+,20?,28+,29?;18-,19-,20?,28-,29?/m01/s1. The van der Waals surface area contributed by atoms with Crippen molar-refractivity contribution in [3.63, 3.8) is 0 Å². The lowest BCUT2D eigenvalue weighted by atomic mass is 9.48. The van der Waals surface area contributed by atoms with Gasteiger partial charge in [-0.25, -0.2) is 8.78 Å². The van der Waals surface area contributed by atoms with Crippen LogP contribution in [0.1, 0.15) is 112 Å². The molecular formula is C58H70F2N8. The molecule has 16 rings (SSSR count). The maximum absolute atomic E-state index is 13.2. The van der Waals surface area contributed by atoms with E-state index in [0.717, 1.165) is 50.9 Å².